The van der Waals surface area contributed by atoms with Crippen LogP contribution in [0.15, 0.2) is 91.1 Å². The van der Waals surface area contributed by atoms with Gasteiger partial charge in [0.15, 0.2) is 5.82 Å². The number of aliphatic hydroxyl groups excluding tert-OH is 1. The summed E-state index contributed by atoms with van der Waals surface area (Å²) in [6, 6.07) is 28.1. The van der Waals surface area contributed by atoms with Crippen molar-refractivity contribution < 1.29 is 9.90 Å². The SMILES string of the molecule is Cl.Cl.Cl.NC1(c2ccc(-c3c(-c4ccc(C(=O)NCCO)cc4)nc4n3-c3cccnc3Nc3ccccc3-4)cc2)CCC1. The fourth-order valence-corrected chi connectivity index (χ4v) is 5.75. The summed E-state index contributed by atoms with van der Waals surface area (Å²) in [5.41, 5.74) is 14.5. The van der Waals surface area contributed by atoms with Crippen LogP contribution in [0.3, 0.4) is 0 Å². The number of nitrogens with one attached hydrogen (secondary N) is 2. The molecule has 1 fully saturated rings. The van der Waals surface area contributed by atoms with Gasteiger partial charge in [-0.2, -0.15) is 0 Å². The minimum absolute atomic E-state index is 0. The first kappa shape index (κ1) is 33.0. The van der Waals surface area contributed by atoms with E-state index < -0.39 is 0 Å². The molecule has 0 spiro atoms. The van der Waals surface area contributed by atoms with Gasteiger partial charge in [0.1, 0.15) is 5.82 Å². The van der Waals surface area contributed by atoms with E-state index in [9.17, 15) is 4.79 Å². The standard InChI is InChI=1S/C33H30N6O2.3ClH/c34-33(16-4-17-33)24-14-12-22(13-15-24)29-28(21-8-10-23(11-9-21)32(41)36-19-20-40)38-31-25-5-1-2-6-26(25)37-30-27(39(29)31)7-3-18-35-30;;;/h1-3,5-15,18,40H,4,16-17,19-20,34H2,(H,35,37)(H,36,41);3*1H. The van der Waals surface area contributed by atoms with Gasteiger partial charge in [0.2, 0.25) is 0 Å². The van der Waals surface area contributed by atoms with Gasteiger partial charge in [-0.25, -0.2) is 9.97 Å². The molecule has 11 heteroatoms. The lowest BCUT2D eigenvalue weighted by atomic mass is 9.72. The number of carbonyl (C=O) groups is 1. The highest BCUT2D eigenvalue weighted by atomic mass is 35.5. The van der Waals surface area contributed by atoms with Crippen molar-refractivity contribution in [3.63, 3.8) is 0 Å². The van der Waals surface area contributed by atoms with Crippen molar-refractivity contribution >= 4 is 54.6 Å². The Morgan fingerprint density at radius 3 is 2.32 bits per heavy atom. The van der Waals surface area contributed by atoms with Crippen molar-refractivity contribution in [1.82, 2.24) is 19.9 Å². The molecule has 1 aliphatic heterocycles. The smallest absolute Gasteiger partial charge is 0.251 e. The largest absolute Gasteiger partial charge is 0.395 e. The molecule has 44 heavy (non-hydrogen) atoms. The predicted molar refractivity (Wildman–Crippen MR) is 182 cm³/mol. The number of benzene rings is 3. The molecular formula is C33H33Cl3N6O2. The summed E-state index contributed by atoms with van der Waals surface area (Å²) in [6.07, 6.45) is 4.94. The lowest BCUT2D eigenvalue weighted by Crippen LogP contribution is -2.43. The van der Waals surface area contributed by atoms with E-state index in [0.717, 1.165) is 75.9 Å². The van der Waals surface area contributed by atoms with E-state index in [0.29, 0.717) is 5.56 Å². The van der Waals surface area contributed by atoms with E-state index in [1.807, 2.05) is 42.5 Å². The van der Waals surface area contributed by atoms with Crippen molar-refractivity contribution in [2.45, 2.75) is 24.8 Å². The van der Waals surface area contributed by atoms with Gasteiger partial charge < -0.3 is 21.5 Å². The maximum Gasteiger partial charge on any atom is 0.251 e. The molecule has 2 aliphatic rings. The zero-order chi connectivity index (χ0) is 28.0. The summed E-state index contributed by atoms with van der Waals surface area (Å²) in [7, 11) is 0. The van der Waals surface area contributed by atoms with Gasteiger partial charge in [0.25, 0.3) is 5.91 Å². The van der Waals surface area contributed by atoms with Crippen molar-refractivity contribution in [1.29, 1.82) is 0 Å². The number of hydrogen-bond acceptors (Lipinski definition) is 6. The van der Waals surface area contributed by atoms with Crippen LogP contribution in [0.1, 0.15) is 35.2 Å². The second-order valence-corrected chi connectivity index (χ2v) is 10.7. The fraction of sp³-hybridized carbons (Fsp3) is 0.182. The average Bonchev–Trinajstić information content (AvgIpc) is 3.33. The predicted octanol–water partition coefficient (Wildman–Crippen LogP) is 6.65. The first-order chi connectivity index (χ1) is 20.1. The number of hydrogen-bond donors (Lipinski definition) is 4. The minimum atomic E-state index is -0.249. The van der Waals surface area contributed by atoms with Crippen LogP contribution in [0.2, 0.25) is 0 Å². The second kappa shape index (κ2) is 13.4. The minimum Gasteiger partial charge on any atom is -0.395 e. The maximum atomic E-state index is 12.5. The lowest BCUT2D eigenvalue weighted by molar-refractivity contribution is 0.0945. The van der Waals surface area contributed by atoms with Crippen molar-refractivity contribution in [2.75, 3.05) is 18.5 Å². The number of nitrogens with zero attached hydrogens (tertiary/aromatic N) is 3. The fourth-order valence-electron chi connectivity index (χ4n) is 5.75. The van der Waals surface area contributed by atoms with Crippen molar-refractivity contribution in [3.05, 3.63) is 102 Å². The molecule has 0 radical (unpaired) electrons. The number of aliphatic hydroxyl groups is 1. The Morgan fingerprint density at radius 2 is 1.64 bits per heavy atom. The van der Waals surface area contributed by atoms with Crippen LogP contribution in [-0.4, -0.2) is 38.7 Å². The topological polar surface area (TPSA) is 118 Å². The van der Waals surface area contributed by atoms with E-state index in [2.05, 4.69) is 50.5 Å². The second-order valence-electron chi connectivity index (χ2n) is 10.7. The molecule has 1 amide bonds. The maximum absolute atomic E-state index is 12.5. The van der Waals surface area contributed by atoms with Crippen LogP contribution < -0.4 is 16.4 Å². The van der Waals surface area contributed by atoms with Crippen LogP contribution in [-0.2, 0) is 5.54 Å². The molecule has 5 N–H and O–H groups in total. The monoisotopic (exact) mass is 650 g/mol. The number of fused-ring (bicyclic) bond motifs is 5. The molecule has 1 saturated carbocycles. The Morgan fingerprint density at radius 1 is 0.932 bits per heavy atom. The first-order valence-electron chi connectivity index (χ1n) is 13.9. The highest BCUT2D eigenvalue weighted by Gasteiger charge is 2.34. The Bertz CT molecular complexity index is 1770. The summed E-state index contributed by atoms with van der Waals surface area (Å²) >= 11 is 0. The Labute approximate surface area is 274 Å². The molecule has 0 saturated heterocycles. The van der Waals surface area contributed by atoms with Gasteiger partial charge >= 0.3 is 0 Å². The number of aromatic nitrogens is 3. The quantitative estimate of drug-likeness (QED) is 0.160. The van der Waals surface area contributed by atoms with E-state index in [-0.39, 0.29) is 61.8 Å². The number of halogens is 3. The molecule has 0 bridgehead atoms. The molecule has 3 aromatic carbocycles. The van der Waals surface area contributed by atoms with E-state index in [1.165, 1.54) is 0 Å². The highest BCUT2D eigenvalue weighted by Crippen LogP contribution is 2.45. The zero-order valence-electron chi connectivity index (χ0n) is 23.7. The molecule has 3 heterocycles. The highest BCUT2D eigenvalue weighted by molar-refractivity contribution is 5.95. The summed E-state index contributed by atoms with van der Waals surface area (Å²) < 4.78 is 2.18. The molecule has 8 nitrogen and oxygen atoms in total. The summed E-state index contributed by atoms with van der Waals surface area (Å²) in [5, 5.41) is 15.3. The number of anilines is 2. The number of carbonyl (C=O) groups excluding carboxylic acids is 1. The first-order valence-corrected chi connectivity index (χ1v) is 13.9. The molecule has 5 aromatic rings. The average molecular weight is 652 g/mol. The number of rotatable bonds is 6. The van der Waals surface area contributed by atoms with Crippen molar-refractivity contribution in [2.24, 2.45) is 5.73 Å². The number of nitrogens with two attached hydrogens (primary N) is 1. The van der Waals surface area contributed by atoms with E-state index in [1.54, 1.807) is 18.3 Å². The van der Waals surface area contributed by atoms with Crippen LogP contribution in [0, 0.1) is 0 Å². The summed E-state index contributed by atoms with van der Waals surface area (Å²) in [5.74, 6) is 1.31. The van der Waals surface area contributed by atoms with E-state index >= 15 is 0 Å². The third-order valence-corrected chi connectivity index (χ3v) is 8.12. The van der Waals surface area contributed by atoms with Gasteiger partial charge in [-0.1, -0.05) is 48.5 Å². The van der Waals surface area contributed by atoms with Crippen LogP contribution in [0.25, 0.3) is 39.6 Å². The Hall–Kier alpha value is -3.92. The molecule has 0 atom stereocenters. The molecule has 228 valence electrons. The number of amides is 1. The molecule has 7 rings (SSSR count). The number of pyridine rings is 1. The van der Waals surface area contributed by atoms with Crippen LogP contribution in [0.5, 0.6) is 0 Å². The Kier molecular flexibility index (Phi) is 10.0. The van der Waals surface area contributed by atoms with E-state index in [4.69, 9.17) is 15.8 Å². The van der Waals surface area contributed by atoms with Gasteiger partial charge in [-0.15, -0.1) is 37.2 Å². The van der Waals surface area contributed by atoms with Crippen LogP contribution in [0.4, 0.5) is 11.5 Å². The van der Waals surface area contributed by atoms with Gasteiger partial charge in [0.05, 0.1) is 29.4 Å². The zero-order valence-corrected chi connectivity index (χ0v) is 26.1. The van der Waals surface area contributed by atoms with Gasteiger partial charge in [0, 0.05) is 40.5 Å². The lowest BCUT2D eigenvalue weighted by Gasteiger charge is -2.38. The molecule has 0 unspecified atom stereocenters. The molecule has 2 aromatic heterocycles. The normalized spacial score (nSPS) is 13.5. The van der Waals surface area contributed by atoms with Gasteiger partial charge in [-0.3, -0.25) is 9.36 Å². The number of imidazole rings is 1. The Balaban J connectivity index is 0.00000147. The summed E-state index contributed by atoms with van der Waals surface area (Å²) in [4.78, 5) is 22.4. The summed E-state index contributed by atoms with van der Waals surface area (Å²) in [6.45, 7) is 0.101. The third-order valence-electron chi connectivity index (χ3n) is 8.12. The third kappa shape index (κ3) is 5.67. The number of para-hydroxylation sites is 1. The van der Waals surface area contributed by atoms with Crippen LogP contribution >= 0.6 is 37.2 Å². The molecule has 1 aliphatic carbocycles. The van der Waals surface area contributed by atoms with Crippen molar-refractivity contribution in [3.8, 4) is 39.6 Å². The van der Waals surface area contributed by atoms with Gasteiger partial charge in [-0.05, 0) is 61.2 Å². The molecular weight excluding hydrogens is 619 g/mol.